The molecule has 182 valence electrons. The number of piperazine rings is 1. The number of hydrogen-bond donors (Lipinski definition) is 0. The van der Waals surface area contributed by atoms with Crippen molar-refractivity contribution in [3.63, 3.8) is 0 Å². The molecular weight excluding hydrogens is 444 g/mol. The van der Waals surface area contributed by atoms with E-state index in [1.165, 1.54) is 12.0 Å². The Labute approximate surface area is 205 Å². The van der Waals surface area contributed by atoms with Gasteiger partial charge in [0.1, 0.15) is 29.8 Å². The minimum Gasteiger partial charge on any atom is -0.497 e. The second-order valence-electron chi connectivity index (χ2n) is 8.65. The summed E-state index contributed by atoms with van der Waals surface area (Å²) in [5.41, 5.74) is 3.00. The van der Waals surface area contributed by atoms with E-state index in [-0.39, 0.29) is 18.4 Å². The predicted octanol–water partition coefficient (Wildman–Crippen LogP) is 4.96. The molecule has 1 fully saturated rings. The first-order chi connectivity index (χ1) is 16.9. The molecule has 35 heavy (non-hydrogen) atoms. The highest BCUT2D eigenvalue weighted by Gasteiger charge is 2.42. The predicted molar refractivity (Wildman–Crippen MR) is 136 cm³/mol. The number of rotatable bonds is 7. The standard InChI is InChI=1S/C28H30N2O5/c1-18(2)19-6-8-20(9-7-19)27-28(32)29(24-16-23(34-4)14-15-25(24)35-5)17-26(31)30(27)21-10-12-22(33-3)13-11-21/h6-16,18,27H,17H2,1-5H3/t27-/m1/s1. The summed E-state index contributed by atoms with van der Waals surface area (Å²) in [4.78, 5) is 30.7. The van der Waals surface area contributed by atoms with E-state index >= 15 is 0 Å². The molecule has 1 atom stereocenters. The monoisotopic (exact) mass is 474 g/mol. The van der Waals surface area contributed by atoms with Crippen LogP contribution in [0, 0.1) is 0 Å². The summed E-state index contributed by atoms with van der Waals surface area (Å²) in [6.45, 7) is 4.10. The first-order valence-electron chi connectivity index (χ1n) is 11.5. The molecular formula is C28H30N2O5. The van der Waals surface area contributed by atoms with Crippen molar-refractivity contribution in [3.05, 3.63) is 77.9 Å². The van der Waals surface area contributed by atoms with Crippen LogP contribution in [0.4, 0.5) is 11.4 Å². The summed E-state index contributed by atoms with van der Waals surface area (Å²) in [5, 5.41) is 0. The largest absolute Gasteiger partial charge is 0.497 e. The number of carbonyl (C=O) groups is 2. The summed E-state index contributed by atoms with van der Waals surface area (Å²) >= 11 is 0. The number of benzene rings is 3. The number of amides is 2. The van der Waals surface area contributed by atoms with Gasteiger partial charge in [0.25, 0.3) is 5.91 Å². The highest BCUT2D eigenvalue weighted by molar-refractivity contribution is 6.15. The van der Waals surface area contributed by atoms with Gasteiger partial charge in [0, 0.05) is 11.8 Å². The molecule has 1 aliphatic heterocycles. The number of hydrogen-bond acceptors (Lipinski definition) is 5. The van der Waals surface area contributed by atoms with Gasteiger partial charge in [0.05, 0.1) is 27.0 Å². The average molecular weight is 475 g/mol. The molecule has 1 heterocycles. The van der Waals surface area contributed by atoms with Crippen LogP contribution in [0.25, 0.3) is 0 Å². The molecule has 3 aromatic rings. The van der Waals surface area contributed by atoms with Crippen LogP contribution in [0.1, 0.15) is 36.9 Å². The van der Waals surface area contributed by atoms with E-state index < -0.39 is 6.04 Å². The zero-order valence-electron chi connectivity index (χ0n) is 20.6. The van der Waals surface area contributed by atoms with E-state index in [1.54, 1.807) is 61.6 Å². The molecule has 3 aromatic carbocycles. The van der Waals surface area contributed by atoms with E-state index in [2.05, 4.69) is 13.8 Å². The highest BCUT2D eigenvalue weighted by Crippen LogP contribution is 2.39. The Morgan fingerprint density at radius 3 is 2.00 bits per heavy atom. The van der Waals surface area contributed by atoms with E-state index in [4.69, 9.17) is 14.2 Å². The van der Waals surface area contributed by atoms with E-state index in [1.807, 2.05) is 24.3 Å². The van der Waals surface area contributed by atoms with Crippen LogP contribution < -0.4 is 24.0 Å². The molecule has 4 rings (SSSR count). The smallest absolute Gasteiger partial charge is 0.255 e. The van der Waals surface area contributed by atoms with E-state index in [0.717, 1.165) is 11.1 Å². The molecule has 0 radical (unpaired) electrons. The molecule has 0 N–H and O–H groups in total. The first kappa shape index (κ1) is 24.1. The molecule has 0 saturated carbocycles. The van der Waals surface area contributed by atoms with Crippen LogP contribution in [0.15, 0.2) is 66.7 Å². The highest BCUT2D eigenvalue weighted by atomic mass is 16.5. The van der Waals surface area contributed by atoms with E-state index in [9.17, 15) is 9.59 Å². The van der Waals surface area contributed by atoms with Gasteiger partial charge in [-0.15, -0.1) is 0 Å². The van der Waals surface area contributed by atoms with Crippen molar-refractivity contribution >= 4 is 23.2 Å². The maximum atomic E-state index is 14.1. The van der Waals surface area contributed by atoms with Crippen molar-refractivity contribution in [2.24, 2.45) is 0 Å². The number of anilines is 2. The summed E-state index contributed by atoms with van der Waals surface area (Å²) in [6, 6.07) is 19.4. The number of methoxy groups -OCH3 is 3. The Hall–Kier alpha value is -4.00. The number of nitrogens with zero attached hydrogens (tertiary/aromatic N) is 2. The second kappa shape index (κ2) is 10.1. The SMILES string of the molecule is COc1ccc(N2C(=O)CN(c3cc(OC)ccc3OC)C(=O)[C@H]2c2ccc(C(C)C)cc2)cc1. The number of carbonyl (C=O) groups excluding carboxylic acids is 2. The second-order valence-corrected chi connectivity index (χ2v) is 8.65. The van der Waals surface area contributed by atoms with Gasteiger partial charge in [-0.05, 0) is 53.4 Å². The fraction of sp³-hybridized carbons (Fsp3) is 0.286. The minimum atomic E-state index is -0.846. The van der Waals surface area contributed by atoms with Crippen molar-refractivity contribution in [1.82, 2.24) is 0 Å². The molecule has 2 amide bonds. The summed E-state index contributed by atoms with van der Waals surface area (Å²) in [5.74, 6) is 1.63. The Morgan fingerprint density at radius 2 is 1.43 bits per heavy atom. The third kappa shape index (κ3) is 4.67. The minimum absolute atomic E-state index is 0.130. The average Bonchev–Trinajstić information content (AvgIpc) is 2.89. The van der Waals surface area contributed by atoms with Crippen LogP contribution in [0.5, 0.6) is 17.2 Å². The van der Waals surface area contributed by atoms with E-state index in [0.29, 0.717) is 34.5 Å². The summed E-state index contributed by atoms with van der Waals surface area (Å²) < 4.78 is 16.1. The molecule has 7 heteroatoms. The van der Waals surface area contributed by atoms with Crippen molar-refractivity contribution in [3.8, 4) is 17.2 Å². The Morgan fingerprint density at radius 1 is 0.800 bits per heavy atom. The lowest BCUT2D eigenvalue weighted by atomic mass is 9.95. The summed E-state index contributed by atoms with van der Waals surface area (Å²) in [6.07, 6.45) is 0. The van der Waals surface area contributed by atoms with Crippen LogP contribution in [-0.2, 0) is 9.59 Å². The van der Waals surface area contributed by atoms with Gasteiger partial charge < -0.3 is 14.2 Å². The fourth-order valence-electron chi connectivity index (χ4n) is 4.29. The lowest BCUT2D eigenvalue weighted by molar-refractivity contribution is -0.128. The van der Waals surface area contributed by atoms with Crippen molar-refractivity contribution in [2.45, 2.75) is 25.8 Å². The molecule has 0 unspecified atom stereocenters. The van der Waals surface area contributed by atoms with Crippen molar-refractivity contribution < 1.29 is 23.8 Å². The third-order valence-electron chi connectivity index (χ3n) is 6.27. The quantitative estimate of drug-likeness (QED) is 0.484. The first-order valence-corrected chi connectivity index (χ1v) is 11.5. The molecule has 0 aromatic heterocycles. The molecule has 0 aliphatic carbocycles. The summed E-state index contributed by atoms with van der Waals surface area (Å²) in [7, 11) is 4.68. The maximum absolute atomic E-state index is 14.1. The molecule has 1 saturated heterocycles. The van der Waals surface area contributed by atoms with Gasteiger partial charge in [-0.25, -0.2) is 0 Å². The van der Waals surface area contributed by atoms with Crippen LogP contribution in [-0.4, -0.2) is 39.7 Å². The van der Waals surface area contributed by atoms with Crippen LogP contribution >= 0.6 is 0 Å². The molecule has 1 aliphatic rings. The Kier molecular flexibility index (Phi) is 6.96. The Balaban J connectivity index is 1.82. The normalized spacial score (nSPS) is 16.0. The van der Waals surface area contributed by atoms with Gasteiger partial charge in [0.15, 0.2) is 0 Å². The number of ether oxygens (including phenoxy) is 3. The van der Waals surface area contributed by atoms with Gasteiger partial charge >= 0.3 is 0 Å². The van der Waals surface area contributed by atoms with Gasteiger partial charge in [-0.3, -0.25) is 19.4 Å². The van der Waals surface area contributed by atoms with Crippen LogP contribution in [0.2, 0.25) is 0 Å². The van der Waals surface area contributed by atoms with Crippen molar-refractivity contribution in [2.75, 3.05) is 37.7 Å². The lowest BCUT2D eigenvalue weighted by Gasteiger charge is -2.40. The lowest BCUT2D eigenvalue weighted by Crippen LogP contribution is -2.56. The Bertz CT molecular complexity index is 1210. The third-order valence-corrected chi connectivity index (χ3v) is 6.27. The van der Waals surface area contributed by atoms with Crippen LogP contribution in [0.3, 0.4) is 0 Å². The molecule has 7 nitrogen and oxygen atoms in total. The van der Waals surface area contributed by atoms with Crippen molar-refractivity contribution in [1.29, 1.82) is 0 Å². The van der Waals surface area contributed by atoms with Gasteiger partial charge in [-0.2, -0.15) is 0 Å². The zero-order chi connectivity index (χ0) is 25.1. The fourth-order valence-corrected chi connectivity index (χ4v) is 4.29. The maximum Gasteiger partial charge on any atom is 0.255 e. The zero-order valence-corrected chi connectivity index (χ0v) is 20.6. The van der Waals surface area contributed by atoms with Gasteiger partial charge in [-0.1, -0.05) is 38.1 Å². The molecule has 0 bridgehead atoms. The molecule has 0 spiro atoms. The van der Waals surface area contributed by atoms with Gasteiger partial charge in [0.2, 0.25) is 5.91 Å². The topological polar surface area (TPSA) is 68.3 Å².